The molecule has 0 atom stereocenters. The quantitative estimate of drug-likeness (QED) is 0.715. The second-order valence-corrected chi connectivity index (χ2v) is 4.45. The summed E-state index contributed by atoms with van der Waals surface area (Å²) in [7, 11) is 1.67. The Bertz CT molecular complexity index is 527. The second-order valence-electron chi connectivity index (χ2n) is 4.45. The molecule has 108 valence electrons. The maximum atomic E-state index is 5.49. The third-order valence-electron chi connectivity index (χ3n) is 2.92. The van der Waals surface area contributed by atoms with Gasteiger partial charge >= 0.3 is 6.01 Å². The fourth-order valence-electron chi connectivity index (χ4n) is 1.75. The minimum absolute atomic E-state index is 0.441. The fourth-order valence-corrected chi connectivity index (χ4v) is 1.75. The van der Waals surface area contributed by atoms with Gasteiger partial charge in [-0.25, -0.2) is 0 Å². The predicted octanol–water partition coefficient (Wildman–Crippen LogP) is 1.73. The zero-order valence-corrected chi connectivity index (χ0v) is 11.8. The largest absolute Gasteiger partial charge is 0.407 e. The normalized spacial score (nSPS) is 10.7. The first-order valence-corrected chi connectivity index (χ1v) is 6.60. The minimum atomic E-state index is 0.441. The molecule has 0 radical (unpaired) electrons. The maximum Gasteiger partial charge on any atom is 0.315 e. The van der Waals surface area contributed by atoms with E-state index in [1.165, 1.54) is 11.1 Å². The van der Waals surface area contributed by atoms with Gasteiger partial charge < -0.3 is 19.8 Å². The van der Waals surface area contributed by atoms with Crippen LogP contribution < -0.4 is 10.6 Å². The third kappa shape index (κ3) is 4.32. The van der Waals surface area contributed by atoms with Gasteiger partial charge in [-0.2, -0.15) is 0 Å². The molecule has 2 rings (SSSR count). The van der Waals surface area contributed by atoms with E-state index in [1.54, 1.807) is 7.11 Å². The number of nitrogens with one attached hydrogen (secondary N) is 2. The lowest BCUT2D eigenvalue weighted by Gasteiger charge is -2.04. The summed E-state index contributed by atoms with van der Waals surface area (Å²) < 4.78 is 10.4. The summed E-state index contributed by atoms with van der Waals surface area (Å²) in [5, 5.41) is 14.2. The fraction of sp³-hybridized carbons (Fsp3) is 0.429. The van der Waals surface area contributed by atoms with Crippen LogP contribution in [0, 0.1) is 6.92 Å². The zero-order chi connectivity index (χ0) is 14.2. The van der Waals surface area contributed by atoms with Crippen LogP contribution in [0.25, 0.3) is 0 Å². The van der Waals surface area contributed by atoms with Gasteiger partial charge in [0.2, 0.25) is 5.89 Å². The molecule has 0 amide bonds. The van der Waals surface area contributed by atoms with Crippen LogP contribution in [0.4, 0.5) is 6.01 Å². The molecule has 0 unspecified atom stereocenters. The number of benzene rings is 1. The van der Waals surface area contributed by atoms with Crippen molar-refractivity contribution in [3.63, 3.8) is 0 Å². The number of anilines is 1. The SMILES string of the molecule is COCCNCc1nnc(NCc2ccccc2C)o1. The molecule has 0 saturated heterocycles. The molecule has 0 aliphatic carbocycles. The van der Waals surface area contributed by atoms with Crippen molar-refractivity contribution < 1.29 is 9.15 Å². The monoisotopic (exact) mass is 276 g/mol. The van der Waals surface area contributed by atoms with Gasteiger partial charge in [-0.05, 0) is 18.1 Å². The van der Waals surface area contributed by atoms with Gasteiger partial charge in [-0.3, -0.25) is 0 Å². The Morgan fingerprint density at radius 3 is 2.85 bits per heavy atom. The van der Waals surface area contributed by atoms with Crippen LogP contribution in [0.1, 0.15) is 17.0 Å². The number of nitrogens with zero attached hydrogens (tertiary/aromatic N) is 2. The number of aryl methyl sites for hydroxylation is 1. The summed E-state index contributed by atoms with van der Waals surface area (Å²) in [5.74, 6) is 0.563. The minimum Gasteiger partial charge on any atom is -0.407 e. The van der Waals surface area contributed by atoms with Crippen LogP contribution in [0.5, 0.6) is 0 Å². The van der Waals surface area contributed by atoms with E-state index in [-0.39, 0.29) is 0 Å². The highest BCUT2D eigenvalue weighted by molar-refractivity contribution is 5.29. The number of hydrogen-bond acceptors (Lipinski definition) is 6. The first kappa shape index (κ1) is 14.5. The second kappa shape index (κ2) is 7.62. The summed E-state index contributed by atoms with van der Waals surface area (Å²) in [6, 6.07) is 8.64. The van der Waals surface area contributed by atoms with E-state index >= 15 is 0 Å². The van der Waals surface area contributed by atoms with Crippen LogP contribution in [0.2, 0.25) is 0 Å². The van der Waals surface area contributed by atoms with E-state index in [2.05, 4.69) is 39.9 Å². The molecule has 0 spiro atoms. The Hall–Kier alpha value is -1.92. The molecule has 6 heteroatoms. The molecule has 0 aliphatic heterocycles. The van der Waals surface area contributed by atoms with Crippen molar-refractivity contribution in [2.45, 2.75) is 20.0 Å². The Morgan fingerprint density at radius 2 is 2.05 bits per heavy atom. The van der Waals surface area contributed by atoms with Gasteiger partial charge in [0.1, 0.15) is 0 Å². The van der Waals surface area contributed by atoms with Gasteiger partial charge in [-0.15, -0.1) is 5.10 Å². The molecule has 1 aromatic heterocycles. The summed E-state index contributed by atoms with van der Waals surface area (Å²) in [6.07, 6.45) is 0. The Kier molecular flexibility index (Phi) is 5.52. The molecule has 2 aromatic rings. The highest BCUT2D eigenvalue weighted by Gasteiger charge is 2.05. The van der Waals surface area contributed by atoms with Gasteiger partial charge in [0, 0.05) is 20.2 Å². The summed E-state index contributed by atoms with van der Waals surface area (Å²) in [5.41, 5.74) is 2.45. The molecule has 20 heavy (non-hydrogen) atoms. The van der Waals surface area contributed by atoms with Crippen LogP contribution >= 0.6 is 0 Å². The van der Waals surface area contributed by atoms with Crippen molar-refractivity contribution in [1.82, 2.24) is 15.5 Å². The van der Waals surface area contributed by atoms with Crippen LogP contribution in [0.3, 0.4) is 0 Å². The zero-order valence-electron chi connectivity index (χ0n) is 11.8. The standard InChI is InChI=1S/C14H20N4O2/c1-11-5-3-4-6-12(11)9-16-14-18-17-13(20-14)10-15-7-8-19-2/h3-6,15H,7-10H2,1-2H3,(H,16,18). The van der Waals surface area contributed by atoms with Crippen molar-refractivity contribution in [2.75, 3.05) is 25.6 Å². The first-order valence-electron chi connectivity index (χ1n) is 6.60. The molecular weight excluding hydrogens is 256 g/mol. The van der Waals surface area contributed by atoms with E-state index in [9.17, 15) is 0 Å². The topological polar surface area (TPSA) is 72.2 Å². The van der Waals surface area contributed by atoms with E-state index in [0.717, 1.165) is 6.54 Å². The molecule has 0 bridgehead atoms. The predicted molar refractivity (Wildman–Crippen MR) is 76.4 cm³/mol. The van der Waals surface area contributed by atoms with Gasteiger partial charge in [-0.1, -0.05) is 29.4 Å². The number of aromatic nitrogens is 2. The number of methoxy groups -OCH3 is 1. The van der Waals surface area contributed by atoms with Crippen molar-refractivity contribution >= 4 is 6.01 Å². The first-order chi connectivity index (χ1) is 9.79. The molecule has 6 nitrogen and oxygen atoms in total. The number of ether oxygens (including phenoxy) is 1. The summed E-state index contributed by atoms with van der Waals surface area (Å²) in [6.45, 7) is 4.71. The van der Waals surface area contributed by atoms with E-state index in [0.29, 0.717) is 31.6 Å². The highest BCUT2D eigenvalue weighted by Crippen LogP contribution is 2.11. The van der Waals surface area contributed by atoms with E-state index in [4.69, 9.17) is 9.15 Å². The average molecular weight is 276 g/mol. The highest BCUT2D eigenvalue weighted by atomic mass is 16.5. The van der Waals surface area contributed by atoms with Gasteiger partial charge in [0.25, 0.3) is 0 Å². The van der Waals surface area contributed by atoms with Gasteiger partial charge in [0.15, 0.2) is 0 Å². The van der Waals surface area contributed by atoms with Crippen LogP contribution in [-0.4, -0.2) is 30.5 Å². The summed E-state index contributed by atoms with van der Waals surface area (Å²) in [4.78, 5) is 0. The maximum absolute atomic E-state index is 5.49. The van der Waals surface area contributed by atoms with Crippen molar-refractivity contribution in [3.8, 4) is 0 Å². The molecule has 1 heterocycles. The molecule has 0 aliphatic rings. The van der Waals surface area contributed by atoms with Crippen LogP contribution in [0.15, 0.2) is 28.7 Å². The number of rotatable bonds is 8. The molecule has 0 fully saturated rings. The molecule has 1 aromatic carbocycles. The average Bonchev–Trinajstić information content (AvgIpc) is 2.91. The molecule has 0 saturated carbocycles. The van der Waals surface area contributed by atoms with Crippen molar-refractivity contribution in [1.29, 1.82) is 0 Å². The molecule has 2 N–H and O–H groups in total. The van der Waals surface area contributed by atoms with Crippen molar-refractivity contribution in [2.24, 2.45) is 0 Å². The lowest BCUT2D eigenvalue weighted by Crippen LogP contribution is -2.18. The van der Waals surface area contributed by atoms with Gasteiger partial charge in [0.05, 0.1) is 13.2 Å². The van der Waals surface area contributed by atoms with E-state index < -0.39 is 0 Å². The Morgan fingerprint density at radius 1 is 1.20 bits per heavy atom. The van der Waals surface area contributed by atoms with E-state index in [1.807, 2.05) is 12.1 Å². The molecular formula is C14H20N4O2. The third-order valence-corrected chi connectivity index (χ3v) is 2.92. The number of hydrogen-bond donors (Lipinski definition) is 2. The smallest absolute Gasteiger partial charge is 0.315 e. The summed E-state index contributed by atoms with van der Waals surface area (Å²) >= 11 is 0. The van der Waals surface area contributed by atoms with Crippen molar-refractivity contribution in [3.05, 3.63) is 41.3 Å². The lowest BCUT2D eigenvalue weighted by molar-refractivity contribution is 0.198. The Balaban J connectivity index is 1.79. The van der Waals surface area contributed by atoms with Crippen LogP contribution in [-0.2, 0) is 17.8 Å². The lowest BCUT2D eigenvalue weighted by atomic mass is 10.1. The Labute approximate surface area is 118 Å².